The molecular weight excluding hydrogens is 393 g/mol. The van der Waals surface area contributed by atoms with Crippen LogP contribution in [0.3, 0.4) is 0 Å². The maximum Gasteiger partial charge on any atom is 0.251 e. The van der Waals surface area contributed by atoms with Gasteiger partial charge in [-0.3, -0.25) is 4.79 Å². The van der Waals surface area contributed by atoms with E-state index in [2.05, 4.69) is 51.0 Å². The molecule has 0 saturated carbocycles. The van der Waals surface area contributed by atoms with Crippen LogP contribution in [0.25, 0.3) is 0 Å². The predicted octanol–water partition coefficient (Wildman–Crippen LogP) is 5.03. The second-order valence-corrected chi connectivity index (χ2v) is 6.47. The molecule has 1 amide bonds. The summed E-state index contributed by atoms with van der Waals surface area (Å²) in [7, 11) is 0. The highest BCUT2D eigenvalue weighted by molar-refractivity contribution is 9.10. The van der Waals surface area contributed by atoms with Gasteiger partial charge in [0.25, 0.3) is 5.91 Å². The van der Waals surface area contributed by atoms with Crippen molar-refractivity contribution in [3.63, 3.8) is 0 Å². The van der Waals surface area contributed by atoms with Gasteiger partial charge >= 0.3 is 0 Å². The summed E-state index contributed by atoms with van der Waals surface area (Å²) in [4.78, 5) is 12.1. The van der Waals surface area contributed by atoms with Gasteiger partial charge in [-0.1, -0.05) is 41.4 Å². The van der Waals surface area contributed by atoms with E-state index in [1.54, 1.807) is 18.2 Å². The monoisotopic (exact) mass is 409 g/mol. The molecule has 1 N–H and O–H groups in total. The van der Waals surface area contributed by atoms with Gasteiger partial charge in [0.2, 0.25) is 0 Å². The molecule has 2 nitrogen and oxygen atoms in total. The molecule has 0 aliphatic carbocycles. The Morgan fingerprint density at radius 1 is 1.37 bits per heavy atom. The summed E-state index contributed by atoms with van der Waals surface area (Å²) in [6.07, 6.45) is 2.05. The Morgan fingerprint density at radius 3 is 2.47 bits per heavy atom. The molecule has 0 radical (unpaired) electrons. The number of hydrogen-bond donors (Lipinski definition) is 1. The van der Waals surface area contributed by atoms with E-state index in [1.165, 1.54) is 0 Å². The van der Waals surface area contributed by atoms with Crippen LogP contribution in [0.4, 0.5) is 0 Å². The maximum atomic E-state index is 12.1. The minimum Gasteiger partial charge on any atom is -0.351 e. The Hall–Kier alpha value is -0.0600. The number of alkyl halides is 1. The van der Waals surface area contributed by atoms with Crippen LogP contribution in [-0.4, -0.2) is 17.8 Å². The summed E-state index contributed by atoms with van der Waals surface area (Å²) in [6.45, 7) is 4.96. The summed E-state index contributed by atoms with van der Waals surface area (Å²) in [5.41, 5.74) is 0.707. The number of halogens is 3. The molecule has 0 bridgehead atoms. The lowest BCUT2D eigenvalue weighted by Crippen LogP contribution is -2.38. The number of benzene rings is 1. The molecule has 1 rings (SSSR count). The highest BCUT2D eigenvalue weighted by Gasteiger charge is 2.25. The van der Waals surface area contributed by atoms with Gasteiger partial charge in [0.15, 0.2) is 0 Å². The highest BCUT2D eigenvalue weighted by Crippen LogP contribution is 2.28. The zero-order valence-corrected chi connectivity index (χ0v) is 15.0. The van der Waals surface area contributed by atoms with Gasteiger partial charge in [-0.05, 0) is 52.4 Å². The van der Waals surface area contributed by atoms with Gasteiger partial charge in [-0.25, -0.2) is 0 Å². The van der Waals surface area contributed by atoms with E-state index in [0.717, 1.165) is 22.6 Å². The Morgan fingerprint density at radius 2 is 2.00 bits per heavy atom. The van der Waals surface area contributed by atoms with Gasteiger partial charge in [0, 0.05) is 21.9 Å². The topological polar surface area (TPSA) is 29.1 Å². The van der Waals surface area contributed by atoms with E-state index in [1.807, 2.05) is 0 Å². The molecule has 19 heavy (non-hydrogen) atoms. The van der Waals surface area contributed by atoms with Crippen LogP contribution in [0.5, 0.6) is 0 Å². The molecule has 0 heterocycles. The van der Waals surface area contributed by atoms with Crippen molar-refractivity contribution in [2.45, 2.75) is 26.7 Å². The first-order valence-electron chi connectivity index (χ1n) is 6.27. The van der Waals surface area contributed by atoms with Crippen LogP contribution in [-0.2, 0) is 0 Å². The van der Waals surface area contributed by atoms with Crippen molar-refractivity contribution in [2.75, 3.05) is 11.9 Å². The zero-order valence-electron chi connectivity index (χ0n) is 11.1. The third-order valence-corrected chi connectivity index (χ3v) is 6.01. The predicted molar refractivity (Wildman–Crippen MR) is 88.3 cm³/mol. The van der Waals surface area contributed by atoms with Crippen molar-refractivity contribution in [1.29, 1.82) is 0 Å². The summed E-state index contributed by atoms with van der Waals surface area (Å²) in [5.74, 6) is -0.0818. The Kier molecular flexibility index (Phi) is 6.84. The summed E-state index contributed by atoms with van der Waals surface area (Å²) in [6, 6.07) is 5.22. The summed E-state index contributed by atoms with van der Waals surface area (Å²) in [5, 5.41) is 4.43. The lowest BCUT2D eigenvalue weighted by atomic mass is 9.84. The molecule has 0 aliphatic rings. The van der Waals surface area contributed by atoms with E-state index in [-0.39, 0.29) is 11.3 Å². The lowest BCUT2D eigenvalue weighted by Gasteiger charge is -2.29. The molecule has 0 fully saturated rings. The fourth-order valence-electron chi connectivity index (χ4n) is 1.74. The largest absolute Gasteiger partial charge is 0.351 e. The minimum atomic E-state index is -0.0818. The quantitative estimate of drug-likeness (QED) is 0.654. The van der Waals surface area contributed by atoms with Crippen molar-refractivity contribution in [1.82, 2.24) is 5.32 Å². The smallest absolute Gasteiger partial charge is 0.251 e. The average molecular weight is 412 g/mol. The molecule has 0 unspecified atom stereocenters. The number of nitrogens with one attached hydrogen (secondary N) is 1. The van der Waals surface area contributed by atoms with E-state index in [9.17, 15) is 4.79 Å². The third kappa shape index (κ3) is 4.47. The van der Waals surface area contributed by atoms with Crippen molar-refractivity contribution in [3.05, 3.63) is 33.3 Å². The number of rotatable bonds is 6. The summed E-state index contributed by atoms with van der Waals surface area (Å²) < 4.78 is 0.794. The summed E-state index contributed by atoms with van der Waals surface area (Å²) >= 11 is 12.9. The molecule has 5 heteroatoms. The standard InChI is InChI=1S/C14H18Br2ClNO/c1-3-14(4-2,8-15)9-18-13(19)10-5-6-11(16)12(17)7-10/h5-7H,3-4,8-9H2,1-2H3,(H,18,19). The van der Waals surface area contributed by atoms with Crippen LogP contribution < -0.4 is 5.32 Å². The Balaban J connectivity index is 2.72. The van der Waals surface area contributed by atoms with E-state index in [0.29, 0.717) is 17.1 Å². The van der Waals surface area contributed by atoms with Crippen LogP contribution in [0.1, 0.15) is 37.0 Å². The molecule has 0 aromatic heterocycles. The zero-order chi connectivity index (χ0) is 14.5. The highest BCUT2D eigenvalue weighted by atomic mass is 79.9. The van der Waals surface area contributed by atoms with Crippen molar-refractivity contribution >= 4 is 49.4 Å². The molecular formula is C14H18Br2ClNO. The minimum absolute atomic E-state index is 0.0818. The first kappa shape index (κ1) is 17.0. The van der Waals surface area contributed by atoms with Crippen molar-refractivity contribution < 1.29 is 4.79 Å². The van der Waals surface area contributed by atoms with Gasteiger partial charge in [0.05, 0.1) is 5.02 Å². The third-order valence-electron chi connectivity index (χ3n) is 3.59. The van der Waals surface area contributed by atoms with Gasteiger partial charge in [0.1, 0.15) is 0 Å². The molecule has 106 valence electrons. The second kappa shape index (κ2) is 7.65. The first-order valence-corrected chi connectivity index (χ1v) is 8.56. The number of hydrogen-bond acceptors (Lipinski definition) is 1. The van der Waals surface area contributed by atoms with E-state index in [4.69, 9.17) is 11.6 Å². The first-order chi connectivity index (χ1) is 8.98. The molecule has 0 saturated heterocycles. The molecule has 0 spiro atoms. The Bertz CT molecular complexity index is 439. The molecule has 1 aromatic rings. The Labute approximate surface area is 136 Å². The van der Waals surface area contributed by atoms with Gasteiger partial charge in [-0.2, -0.15) is 0 Å². The van der Waals surface area contributed by atoms with Crippen LogP contribution >= 0.6 is 43.5 Å². The van der Waals surface area contributed by atoms with Crippen LogP contribution in [0.15, 0.2) is 22.7 Å². The van der Waals surface area contributed by atoms with Crippen LogP contribution in [0.2, 0.25) is 5.02 Å². The fraction of sp³-hybridized carbons (Fsp3) is 0.500. The van der Waals surface area contributed by atoms with Gasteiger partial charge in [-0.15, -0.1) is 0 Å². The van der Waals surface area contributed by atoms with Gasteiger partial charge < -0.3 is 5.32 Å². The number of carbonyl (C=O) groups excluding carboxylic acids is 1. The average Bonchev–Trinajstić information content (AvgIpc) is 2.43. The normalized spacial score (nSPS) is 11.4. The van der Waals surface area contributed by atoms with E-state index >= 15 is 0 Å². The fourth-order valence-corrected chi connectivity index (χ4v) is 3.16. The number of amides is 1. The SMILES string of the molecule is CCC(CC)(CBr)CNC(=O)c1ccc(Br)c(Cl)c1. The van der Waals surface area contributed by atoms with Crippen molar-refractivity contribution in [3.8, 4) is 0 Å². The lowest BCUT2D eigenvalue weighted by molar-refractivity contribution is 0.0932. The number of carbonyl (C=O) groups is 1. The molecule has 0 aliphatic heterocycles. The van der Waals surface area contributed by atoms with Crippen LogP contribution in [0, 0.1) is 5.41 Å². The maximum absolute atomic E-state index is 12.1. The van der Waals surface area contributed by atoms with E-state index < -0.39 is 0 Å². The van der Waals surface area contributed by atoms with Crippen molar-refractivity contribution in [2.24, 2.45) is 5.41 Å². The molecule has 1 aromatic carbocycles. The second-order valence-electron chi connectivity index (χ2n) is 4.65. The molecule has 0 atom stereocenters.